The molecule has 0 spiro atoms. The van der Waals surface area contributed by atoms with Gasteiger partial charge in [0.25, 0.3) is 0 Å². The largest absolute Gasteiger partial charge is 0.378 e. The Morgan fingerprint density at radius 1 is 0.909 bits per heavy atom. The number of ether oxygens (including phenoxy) is 3. The Balaban J connectivity index is 2.69. The van der Waals surface area contributed by atoms with E-state index in [2.05, 4.69) is 20.7 Å². The van der Waals surface area contributed by atoms with E-state index in [1.807, 2.05) is 0 Å². The van der Waals surface area contributed by atoms with Crippen LogP contribution in [0.3, 0.4) is 0 Å². The normalized spacial score (nSPS) is 10.4. The topological polar surface area (TPSA) is 27.7 Å². The van der Waals surface area contributed by atoms with E-state index in [0.717, 1.165) is 11.9 Å². The first kappa shape index (κ1) is 11.4. The molecule has 0 atom stereocenters. The molecule has 0 aliphatic rings. The third kappa shape index (κ3) is 10.4. The highest BCUT2D eigenvalue weighted by Crippen LogP contribution is 1.83. The zero-order valence-corrected chi connectivity index (χ0v) is 8.01. The Bertz CT molecular complexity index is 62.7. The van der Waals surface area contributed by atoms with Crippen LogP contribution in [0.25, 0.3) is 0 Å². The smallest absolute Gasteiger partial charge is 0.115 e. The Kier molecular flexibility index (Phi) is 10.7. The van der Waals surface area contributed by atoms with Gasteiger partial charge in [0, 0.05) is 5.33 Å². The molecular weight excluding hydrogens is 212 g/mol. The first-order valence-corrected chi connectivity index (χ1v) is 4.57. The lowest BCUT2D eigenvalue weighted by Gasteiger charge is -2.03. The standard InChI is InChI=1S/C7H13BrO3/c1-9-4-5-11-7-6-10-3-2-8/h1H,2-7H2. The van der Waals surface area contributed by atoms with Crippen LogP contribution in [0, 0.1) is 7.11 Å². The number of halogens is 1. The molecule has 0 saturated heterocycles. The molecule has 0 bridgehead atoms. The Labute approximate surface area is 76.1 Å². The maximum absolute atomic E-state index is 5.12. The fourth-order valence-corrected chi connectivity index (χ4v) is 0.712. The average Bonchev–Trinajstić information content (AvgIpc) is 2.03. The summed E-state index contributed by atoms with van der Waals surface area (Å²) in [5.74, 6) is 0. The molecule has 0 aromatic heterocycles. The summed E-state index contributed by atoms with van der Waals surface area (Å²) < 4.78 is 14.5. The van der Waals surface area contributed by atoms with Gasteiger partial charge in [0.1, 0.15) is 7.11 Å². The van der Waals surface area contributed by atoms with Crippen molar-refractivity contribution in [3.05, 3.63) is 7.11 Å². The molecule has 3 nitrogen and oxygen atoms in total. The van der Waals surface area contributed by atoms with E-state index in [1.165, 1.54) is 0 Å². The molecule has 0 aromatic carbocycles. The second kappa shape index (κ2) is 10.4. The van der Waals surface area contributed by atoms with Crippen molar-refractivity contribution in [2.24, 2.45) is 0 Å². The fraction of sp³-hybridized carbons (Fsp3) is 0.857. The SMILES string of the molecule is [CH]OCCOCCOCCBr. The second-order valence-corrected chi connectivity index (χ2v) is 2.58. The molecule has 0 rings (SSSR count). The maximum atomic E-state index is 5.12. The van der Waals surface area contributed by atoms with Crippen molar-refractivity contribution in [1.82, 2.24) is 0 Å². The van der Waals surface area contributed by atoms with E-state index in [1.54, 1.807) is 0 Å². The van der Waals surface area contributed by atoms with Gasteiger partial charge in [-0.1, -0.05) is 15.9 Å². The Hall–Kier alpha value is 0.360. The second-order valence-electron chi connectivity index (χ2n) is 1.78. The minimum absolute atomic E-state index is 0.429. The van der Waals surface area contributed by atoms with Crippen molar-refractivity contribution in [2.45, 2.75) is 0 Å². The average molecular weight is 225 g/mol. The third-order valence-electron chi connectivity index (χ3n) is 0.939. The van der Waals surface area contributed by atoms with Crippen LogP contribution in [0.4, 0.5) is 0 Å². The lowest BCUT2D eigenvalue weighted by atomic mass is 10.7. The van der Waals surface area contributed by atoms with Gasteiger partial charge < -0.3 is 14.2 Å². The predicted molar refractivity (Wildman–Crippen MR) is 45.7 cm³/mol. The monoisotopic (exact) mass is 224 g/mol. The molecule has 4 heteroatoms. The van der Waals surface area contributed by atoms with E-state index in [4.69, 9.17) is 16.6 Å². The molecule has 0 amide bonds. The number of alkyl halides is 1. The number of hydrogen-bond acceptors (Lipinski definition) is 3. The number of rotatable bonds is 8. The molecule has 2 radical (unpaired) electrons. The molecule has 0 heterocycles. The summed E-state index contributed by atoms with van der Waals surface area (Å²) in [6, 6.07) is 0. The van der Waals surface area contributed by atoms with Gasteiger partial charge in [-0.3, -0.25) is 0 Å². The summed E-state index contributed by atoms with van der Waals surface area (Å²) in [6.07, 6.45) is 0. The van der Waals surface area contributed by atoms with E-state index in [9.17, 15) is 0 Å². The molecule has 0 N–H and O–H groups in total. The van der Waals surface area contributed by atoms with Crippen LogP contribution in [0.2, 0.25) is 0 Å². The number of hydrogen-bond donors (Lipinski definition) is 0. The summed E-state index contributed by atoms with van der Waals surface area (Å²) in [7, 11) is 4.77. The van der Waals surface area contributed by atoms with Gasteiger partial charge in [-0.15, -0.1) is 0 Å². The Morgan fingerprint density at radius 3 is 2.00 bits per heavy atom. The molecule has 0 fully saturated rings. The molecule has 0 aliphatic carbocycles. The lowest BCUT2D eigenvalue weighted by Crippen LogP contribution is -2.08. The lowest BCUT2D eigenvalue weighted by molar-refractivity contribution is 0.0342. The summed E-state index contributed by atoms with van der Waals surface area (Å²) in [5.41, 5.74) is 0. The maximum Gasteiger partial charge on any atom is 0.115 e. The van der Waals surface area contributed by atoms with Gasteiger partial charge in [-0.05, 0) is 0 Å². The van der Waals surface area contributed by atoms with Gasteiger partial charge in [-0.2, -0.15) is 0 Å². The van der Waals surface area contributed by atoms with Crippen LogP contribution in [0.15, 0.2) is 0 Å². The minimum Gasteiger partial charge on any atom is -0.378 e. The van der Waals surface area contributed by atoms with Crippen LogP contribution in [0.5, 0.6) is 0 Å². The quantitative estimate of drug-likeness (QED) is 0.457. The summed E-state index contributed by atoms with van der Waals surface area (Å²) in [6.45, 7) is 2.88. The van der Waals surface area contributed by atoms with Crippen molar-refractivity contribution in [2.75, 3.05) is 38.4 Å². The van der Waals surface area contributed by atoms with E-state index >= 15 is 0 Å². The molecular formula is C7H13BrO3. The molecule has 0 aliphatic heterocycles. The molecule has 0 unspecified atom stereocenters. The van der Waals surface area contributed by atoms with Crippen molar-refractivity contribution < 1.29 is 14.2 Å². The van der Waals surface area contributed by atoms with Crippen molar-refractivity contribution >= 4 is 15.9 Å². The summed E-state index contributed by atoms with van der Waals surface area (Å²) >= 11 is 3.24. The van der Waals surface area contributed by atoms with Gasteiger partial charge in [-0.25, -0.2) is 0 Å². The zero-order chi connectivity index (χ0) is 8.36. The first-order chi connectivity index (χ1) is 5.41. The van der Waals surface area contributed by atoms with E-state index in [-0.39, 0.29) is 0 Å². The fourth-order valence-electron chi connectivity index (χ4n) is 0.484. The van der Waals surface area contributed by atoms with Crippen LogP contribution in [-0.4, -0.2) is 38.4 Å². The molecule has 66 valence electrons. The summed E-state index contributed by atoms with van der Waals surface area (Å²) in [4.78, 5) is 0. The van der Waals surface area contributed by atoms with Crippen LogP contribution < -0.4 is 0 Å². The molecule has 11 heavy (non-hydrogen) atoms. The van der Waals surface area contributed by atoms with Gasteiger partial charge in [0.15, 0.2) is 0 Å². The first-order valence-electron chi connectivity index (χ1n) is 3.45. The van der Waals surface area contributed by atoms with Crippen LogP contribution in [0.1, 0.15) is 0 Å². The van der Waals surface area contributed by atoms with Crippen molar-refractivity contribution in [1.29, 1.82) is 0 Å². The van der Waals surface area contributed by atoms with E-state index < -0.39 is 0 Å². The van der Waals surface area contributed by atoms with Crippen molar-refractivity contribution in [3.8, 4) is 0 Å². The molecule has 0 aromatic rings. The highest BCUT2D eigenvalue weighted by atomic mass is 79.9. The third-order valence-corrected chi connectivity index (χ3v) is 1.26. The predicted octanol–water partition coefficient (Wildman–Crippen LogP) is 1.10. The van der Waals surface area contributed by atoms with E-state index in [0.29, 0.717) is 26.4 Å². The summed E-state index contributed by atoms with van der Waals surface area (Å²) in [5, 5.41) is 0.860. The van der Waals surface area contributed by atoms with Gasteiger partial charge >= 0.3 is 0 Å². The van der Waals surface area contributed by atoms with Gasteiger partial charge in [0.05, 0.1) is 33.0 Å². The highest BCUT2D eigenvalue weighted by molar-refractivity contribution is 9.09. The van der Waals surface area contributed by atoms with Crippen LogP contribution >= 0.6 is 15.9 Å². The van der Waals surface area contributed by atoms with Gasteiger partial charge in [0.2, 0.25) is 0 Å². The van der Waals surface area contributed by atoms with Crippen molar-refractivity contribution in [3.63, 3.8) is 0 Å². The minimum atomic E-state index is 0.429. The Morgan fingerprint density at radius 2 is 1.45 bits per heavy atom. The van der Waals surface area contributed by atoms with Crippen LogP contribution in [-0.2, 0) is 14.2 Å². The highest BCUT2D eigenvalue weighted by Gasteiger charge is 1.88. The molecule has 0 saturated carbocycles. The zero-order valence-electron chi connectivity index (χ0n) is 6.42.